The smallest absolute Gasteiger partial charge is 0.108 e. The Kier molecular flexibility index (Phi) is 12.1. The molecule has 0 saturated heterocycles. The second-order valence-electron chi connectivity index (χ2n) is 9.43. The van der Waals surface area contributed by atoms with Crippen LogP contribution in [-0.2, 0) is 0 Å². The number of aliphatic imine (C=N–C) groups is 1. The average Bonchev–Trinajstić information content (AvgIpc) is 3.36. The molecule has 35 heavy (non-hydrogen) atoms. The molecule has 2 atom stereocenters. The average molecular weight is 489 g/mol. The summed E-state index contributed by atoms with van der Waals surface area (Å²) in [7, 11) is 0. The van der Waals surface area contributed by atoms with Gasteiger partial charge in [0.15, 0.2) is 0 Å². The molecular formula is C32H44N2S. The summed E-state index contributed by atoms with van der Waals surface area (Å²) >= 11 is 1.84. The Morgan fingerprint density at radius 2 is 2.03 bits per heavy atom. The van der Waals surface area contributed by atoms with Crippen molar-refractivity contribution in [3.8, 4) is 0 Å². The predicted molar refractivity (Wildman–Crippen MR) is 158 cm³/mol. The van der Waals surface area contributed by atoms with Gasteiger partial charge in [-0.2, -0.15) is 0 Å². The molecule has 2 unspecified atom stereocenters. The third kappa shape index (κ3) is 8.28. The summed E-state index contributed by atoms with van der Waals surface area (Å²) < 4.78 is 0. The largest absolute Gasteiger partial charge is 0.377 e. The molecule has 0 bridgehead atoms. The highest BCUT2D eigenvalue weighted by atomic mass is 32.2. The Hall–Kier alpha value is -2.52. The van der Waals surface area contributed by atoms with Crippen LogP contribution in [0, 0.1) is 12.8 Å². The van der Waals surface area contributed by atoms with E-state index in [0.29, 0.717) is 6.42 Å². The molecule has 3 heteroatoms. The first kappa shape index (κ1) is 28.7. The van der Waals surface area contributed by atoms with Gasteiger partial charge in [0.25, 0.3) is 0 Å². The lowest BCUT2D eigenvalue weighted by molar-refractivity contribution is 0.495. The third-order valence-corrected chi connectivity index (χ3v) is 8.02. The van der Waals surface area contributed by atoms with E-state index in [1.165, 1.54) is 36.1 Å². The fourth-order valence-corrected chi connectivity index (χ4v) is 5.92. The standard InChI is InChI=1S/C32H44N2S/c1-8-16-29(9-2)32(34-10-3,31(33-7)22-14-13-20-28-18-11-12-19-28)24-26(5)27(6)35-30-21-15-17-25(4)23-30/h8-10,13-17,21-23,27-28,34H,3,5,7,11-12,18-20,24H2,1-2,4,6H3/b14-13-,16-8-,29-9+,31-22-. The Morgan fingerprint density at radius 1 is 1.29 bits per heavy atom. The molecule has 1 saturated carbocycles. The number of allylic oxidation sites excluding steroid dienone is 5. The molecule has 1 fully saturated rings. The van der Waals surface area contributed by atoms with Gasteiger partial charge in [-0.1, -0.05) is 92.5 Å². The number of rotatable bonds is 14. The van der Waals surface area contributed by atoms with E-state index in [1.54, 1.807) is 6.20 Å². The lowest BCUT2D eigenvalue weighted by Crippen LogP contribution is -2.46. The first-order valence-electron chi connectivity index (χ1n) is 12.8. The first-order valence-corrected chi connectivity index (χ1v) is 13.7. The van der Waals surface area contributed by atoms with Crippen LogP contribution in [0.5, 0.6) is 0 Å². The van der Waals surface area contributed by atoms with Gasteiger partial charge in [0.2, 0.25) is 0 Å². The van der Waals surface area contributed by atoms with E-state index in [0.717, 1.165) is 29.2 Å². The summed E-state index contributed by atoms with van der Waals surface area (Å²) in [6.45, 7) is 21.0. The van der Waals surface area contributed by atoms with Crippen LogP contribution in [0.2, 0.25) is 0 Å². The maximum Gasteiger partial charge on any atom is 0.108 e. The molecule has 1 aromatic carbocycles. The number of aryl methyl sites for hydroxylation is 1. The van der Waals surface area contributed by atoms with E-state index in [2.05, 4.69) is 112 Å². The van der Waals surface area contributed by atoms with E-state index in [1.807, 2.05) is 18.7 Å². The first-order chi connectivity index (χ1) is 16.9. The second kappa shape index (κ2) is 14.8. The number of nitrogens with one attached hydrogen (secondary N) is 1. The van der Waals surface area contributed by atoms with Crippen LogP contribution < -0.4 is 5.32 Å². The van der Waals surface area contributed by atoms with Gasteiger partial charge >= 0.3 is 0 Å². The second-order valence-corrected chi connectivity index (χ2v) is 10.8. The molecule has 0 spiro atoms. The molecule has 1 aromatic rings. The summed E-state index contributed by atoms with van der Waals surface area (Å²) in [5.74, 6) is 0.823. The lowest BCUT2D eigenvalue weighted by atomic mass is 9.79. The van der Waals surface area contributed by atoms with Crippen molar-refractivity contribution >= 4 is 18.5 Å². The summed E-state index contributed by atoms with van der Waals surface area (Å²) in [5.41, 5.74) is 3.81. The summed E-state index contributed by atoms with van der Waals surface area (Å²) in [6, 6.07) is 8.64. The summed E-state index contributed by atoms with van der Waals surface area (Å²) in [5, 5.41) is 3.79. The van der Waals surface area contributed by atoms with E-state index in [-0.39, 0.29) is 5.25 Å². The van der Waals surface area contributed by atoms with Crippen molar-refractivity contribution in [1.82, 2.24) is 5.32 Å². The molecule has 0 aromatic heterocycles. The normalized spacial score (nSPS) is 18.1. The van der Waals surface area contributed by atoms with Crippen LogP contribution in [0.15, 0.2) is 107 Å². The van der Waals surface area contributed by atoms with Crippen molar-refractivity contribution in [3.05, 3.63) is 102 Å². The Balaban J connectivity index is 2.37. The van der Waals surface area contributed by atoms with Crippen LogP contribution in [0.1, 0.15) is 64.9 Å². The van der Waals surface area contributed by atoms with Crippen LogP contribution in [-0.4, -0.2) is 17.5 Å². The number of thioether (sulfide) groups is 1. The molecule has 2 rings (SSSR count). The molecule has 1 aliphatic carbocycles. The molecule has 188 valence electrons. The van der Waals surface area contributed by atoms with Gasteiger partial charge in [-0.15, -0.1) is 11.8 Å². The Morgan fingerprint density at radius 3 is 2.63 bits per heavy atom. The molecule has 1 aliphatic rings. The predicted octanol–water partition coefficient (Wildman–Crippen LogP) is 9.14. The van der Waals surface area contributed by atoms with Crippen molar-refractivity contribution in [2.45, 2.75) is 81.9 Å². The highest BCUT2D eigenvalue weighted by molar-refractivity contribution is 8.00. The minimum atomic E-state index is -0.596. The third-order valence-electron chi connectivity index (χ3n) is 6.81. The lowest BCUT2D eigenvalue weighted by Gasteiger charge is -2.38. The molecule has 0 aliphatic heterocycles. The molecule has 2 nitrogen and oxygen atoms in total. The van der Waals surface area contributed by atoms with E-state index in [4.69, 9.17) is 0 Å². The zero-order valence-corrected chi connectivity index (χ0v) is 23.0. The number of hydrogen-bond donors (Lipinski definition) is 1. The van der Waals surface area contributed by atoms with Crippen LogP contribution >= 0.6 is 11.8 Å². The molecular weight excluding hydrogens is 444 g/mol. The van der Waals surface area contributed by atoms with Crippen molar-refractivity contribution in [2.75, 3.05) is 0 Å². The molecule has 0 heterocycles. The highest BCUT2D eigenvalue weighted by Crippen LogP contribution is 2.38. The highest BCUT2D eigenvalue weighted by Gasteiger charge is 2.37. The van der Waals surface area contributed by atoms with Crippen molar-refractivity contribution in [1.29, 1.82) is 0 Å². The SMILES string of the molecule is C=CNC(CC(=C)C(C)Sc1cccc(C)c1)(/C(=C/C=C\CC1CCCC1)N=C)C(/C=C\C)=C/C. The number of nitrogens with zero attached hydrogens (tertiary/aromatic N) is 1. The van der Waals surface area contributed by atoms with Gasteiger partial charge in [-0.05, 0) is 76.7 Å². The minimum absolute atomic E-state index is 0.232. The Labute approximate surface area is 218 Å². The van der Waals surface area contributed by atoms with E-state index in [9.17, 15) is 0 Å². The monoisotopic (exact) mass is 488 g/mol. The van der Waals surface area contributed by atoms with E-state index < -0.39 is 5.54 Å². The quantitative estimate of drug-likeness (QED) is 0.122. The van der Waals surface area contributed by atoms with Crippen LogP contribution in [0.25, 0.3) is 0 Å². The van der Waals surface area contributed by atoms with Crippen LogP contribution in [0.3, 0.4) is 0 Å². The Bertz CT molecular complexity index is 975. The number of hydrogen-bond acceptors (Lipinski definition) is 3. The van der Waals surface area contributed by atoms with Gasteiger partial charge in [-0.3, -0.25) is 4.99 Å². The van der Waals surface area contributed by atoms with Crippen molar-refractivity contribution in [3.63, 3.8) is 0 Å². The van der Waals surface area contributed by atoms with Gasteiger partial charge in [0.05, 0.1) is 5.70 Å². The van der Waals surface area contributed by atoms with Crippen molar-refractivity contribution in [2.24, 2.45) is 10.9 Å². The maximum absolute atomic E-state index is 4.53. The van der Waals surface area contributed by atoms with E-state index >= 15 is 0 Å². The minimum Gasteiger partial charge on any atom is -0.377 e. The fraction of sp³-hybridized carbons (Fsp3) is 0.406. The van der Waals surface area contributed by atoms with Gasteiger partial charge in [0, 0.05) is 16.6 Å². The zero-order valence-electron chi connectivity index (χ0n) is 22.2. The summed E-state index contributed by atoms with van der Waals surface area (Å²) in [4.78, 5) is 5.79. The van der Waals surface area contributed by atoms with Crippen LogP contribution in [0.4, 0.5) is 0 Å². The molecule has 0 amide bonds. The van der Waals surface area contributed by atoms with Gasteiger partial charge in [-0.25, -0.2) is 0 Å². The molecule has 1 N–H and O–H groups in total. The van der Waals surface area contributed by atoms with Gasteiger partial charge in [0.1, 0.15) is 5.54 Å². The fourth-order valence-electron chi connectivity index (χ4n) is 4.85. The number of benzene rings is 1. The summed E-state index contributed by atoms with van der Waals surface area (Å²) in [6.07, 6.45) is 21.9. The molecule has 0 radical (unpaired) electrons. The van der Waals surface area contributed by atoms with Gasteiger partial charge < -0.3 is 5.32 Å². The zero-order chi connectivity index (χ0) is 25.7. The topological polar surface area (TPSA) is 24.4 Å². The van der Waals surface area contributed by atoms with Crippen molar-refractivity contribution < 1.29 is 0 Å². The maximum atomic E-state index is 4.53.